The Morgan fingerprint density at radius 2 is 2.12 bits per heavy atom. The molecule has 0 radical (unpaired) electrons. The molecule has 9 nitrogen and oxygen atoms in total. The average Bonchev–Trinajstić information content (AvgIpc) is 2.88. The van der Waals surface area contributed by atoms with Crippen LogP contribution in [0.15, 0.2) is 4.99 Å². The van der Waals surface area contributed by atoms with Crippen LogP contribution in [0.5, 0.6) is 0 Å². The number of amides is 1. The number of hydrogen-bond acceptors (Lipinski definition) is 8. The summed E-state index contributed by atoms with van der Waals surface area (Å²) < 4.78 is 0. The van der Waals surface area contributed by atoms with E-state index in [9.17, 15) is 4.79 Å². The Kier molecular flexibility index (Phi) is 5.45. The van der Waals surface area contributed by atoms with Crippen LogP contribution in [-0.2, 0) is 0 Å². The second-order valence-corrected chi connectivity index (χ2v) is 6.82. The van der Waals surface area contributed by atoms with Crippen LogP contribution in [0.1, 0.15) is 37.2 Å². The summed E-state index contributed by atoms with van der Waals surface area (Å²) in [5, 5.41) is 14.7. The van der Waals surface area contributed by atoms with Gasteiger partial charge in [-0.2, -0.15) is 0 Å². The molecule has 1 aliphatic heterocycles. The maximum Gasteiger partial charge on any atom is 0.280 e. The van der Waals surface area contributed by atoms with E-state index in [1.165, 1.54) is 0 Å². The molecule has 0 fully saturated rings. The van der Waals surface area contributed by atoms with Crippen LogP contribution in [0.25, 0.3) is 0 Å². The van der Waals surface area contributed by atoms with Gasteiger partial charge in [0.15, 0.2) is 28.4 Å². The van der Waals surface area contributed by atoms with Gasteiger partial charge in [0.2, 0.25) is 0 Å². The molecule has 10 heteroatoms. The van der Waals surface area contributed by atoms with Gasteiger partial charge in [0.25, 0.3) is 5.91 Å². The van der Waals surface area contributed by atoms with Gasteiger partial charge in [-0.05, 0) is 18.3 Å². The maximum absolute atomic E-state index is 12.2. The predicted octanol–water partition coefficient (Wildman–Crippen LogP) is 0.151. The highest BCUT2D eigenvalue weighted by Gasteiger charge is 2.27. The summed E-state index contributed by atoms with van der Waals surface area (Å²) in [4.78, 5) is 24.1. The first-order valence-corrected chi connectivity index (χ1v) is 7.91. The molecule has 2 heterocycles. The zero-order chi connectivity index (χ0) is 17.9. The summed E-state index contributed by atoms with van der Waals surface area (Å²) in [7, 11) is 0. The Labute approximate surface area is 144 Å². The molecular formula is C14H22ClN7O2. The van der Waals surface area contributed by atoms with Crippen LogP contribution in [0.3, 0.4) is 0 Å². The number of aliphatic imine (C=N–C) groups is 1. The third-order valence-electron chi connectivity index (χ3n) is 3.75. The Morgan fingerprint density at radius 1 is 1.42 bits per heavy atom. The second-order valence-electron chi connectivity index (χ2n) is 6.46. The number of carbonyl (C=O) groups excluding carboxylic acids is 1. The number of aliphatic hydroxyl groups is 1. The van der Waals surface area contributed by atoms with Crippen LogP contribution in [0.2, 0.25) is 5.15 Å². The number of halogens is 1. The van der Waals surface area contributed by atoms with Crippen molar-refractivity contribution in [2.45, 2.75) is 32.7 Å². The molecule has 0 aliphatic carbocycles. The Balaban J connectivity index is 1.96. The van der Waals surface area contributed by atoms with E-state index in [0.717, 1.165) is 6.42 Å². The molecule has 1 amide bonds. The number of guanidine groups is 1. The van der Waals surface area contributed by atoms with Crippen molar-refractivity contribution in [2.24, 2.45) is 10.4 Å². The van der Waals surface area contributed by atoms with Crippen molar-refractivity contribution in [3.05, 3.63) is 10.8 Å². The minimum absolute atomic E-state index is 0.0260. The molecule has 0 spiro atoms. The average molecular weight is 356 g/mol. The van der Waals surface area contributed by atoms with E-state index in [4.69, 9.17) is 28.2 Å². The molecule has 0 bridgehead atoms. The molecule has 7 N–H and O–H groups in total. The SMILES string of the molecule is CC(C)(CCO)C[C@H]1CN=C(NC(=O)c2nc(Cl)c(N)nc2N)N1. The largest absolute Gasteiger partial charge is 0.396 e. The van der Waals surface area contributed by atoms with Crippen molar-refractivity contribution < 1.29 is 9.90 Å². The molecule has 1 aromatic heterocycles. The monoisotopic (exact) mass is 355 g/mol. The first kappa shape index (κ1) is 18.2. The zero-order valence-electron chi connectivity index (χ0n) is 13.6. The second kappa shape index (κ2) is 7.18. The molecule has 132 valence electrons. The van der Waals surface area contributed by atoms with Crippen molar-refractivity contribution in [3.63, 3.8) is 0 Å². The summed E-state index contributed by atoms with van der Waals surface area (Å²) in [5.41, 5.74) is 11.0. The number of aliphatic hydroxyl groups excluding tert-OH is 1. The van der Waals surface area contributed by atoms with Gasteiger partial charge in [-0.1, -0.05) is 25.4 Å². The summed E-state index contributed by atoms with van der Waals surface area (Å²) >= 11 is 5.77. The zero-order valence-corrected chi connectivity index (χ0v) is 14.4. The van der Waals surface area contributed by atoms with Crippen molar-refractivity contribution in [1.82, 2.24) is 20.6 Å². The van der Waals surface area contributed by atoms with E-state index in [-0.39, 0.29) is 40.5 Å². The fraction of sp³-hybridized carbons (Fsp3) is 0.571. The van der Waals surface area contributed by atoms with Crippen LogP contribution in [0.4, 0.5) is 11.6 Å². The number of carbonyl (C=O) groups is 1. The number of nitrogens with two attached hydrogens (primary N) is 2. The van der Waals surface area contributed by atoms with E-state index in [0.29, 0.717) is 18.9 Å². The van der Waals surface area contributed by atoms with Gasteiger partial charge in [0.05, 0.1) is 6.54 Å². The van der Waals surface area contributed by atoms with Gasteiger partial charge in [-0.15, -0.1) is 0 Å². The standard InChI is InChI=1S/C14H22ClN7O2/c1-14(2,3-4-23)5-7-6-18-13(19-7)22-12(24)8-10(16)21-11(17)9(15)20-8/h7,23H,3-6H2,1-2H3,(H4,16,17,21)(H2,18,19,22,24)/t7-/m0/s1. The van der Waals surface area contributed by atoms with Crippen LogP contribution < -0.4 is 22.1 Å². The minimum Gasteiger partial charge on any atom is -0.396 e. The topological polar surface area (TPSA) is 152 Å². The quantitative estimate of drug-likeness (QED) is 0.504. The van der Waals surface area contributed by atoms with Gasteiger partial charge in [-0.3, -0.25) is 15.1 Å². The lowest BCUT2D eigenvalue weighted by atomic mass is 9.83. The number of aromatic nitrogens is 2. The molecule has 24 heavy (non-hydrogen) atoms. The first-order chi connectivity index (χ1) is 11.2. The molecule has 0 saturated heterocycles. The molecule has 0 unspecified atom stereocenters. The lowest BCUT2D eigenvalue weighted by Crippen LogP contribution is -2.43. The fourth-order valence-corrected chi connectivity index (χ4v) is 2.65. The number of rotatable bonds is 5. The molecule has 1 atom stereocenters. The van der Waals surface area contributed by atoms with E-state index in [1.54, 1.807) is 0 Å². The van der Waals surface area contributed by atoms with E-state index >= 15 is 0 Å². The summed E-state index contributed by atoms with van der Waals surface area (Å²) in [6, 6.07) is 0.0836. The van der Waals surface area contributed by atoms with Crippen molar-refractivity contribution in [2.75, 3.05) is 24.6 Å². The van der Waals surface area contributed by atoms with Crippen molar-refractivity contribution in [3.8, 4) is 0 Å². The number of nitrogens with zero attached hydrogens (tertiary/aromatic N) is 3. The van der Waals surface area contributed by atoms with Crippen LogP contribution in [-0.4, -0.2) is 46.1 Å². The highest BCUT2D eigenvalue weighted by Crippen LogP contribution is 2.27. The van der Waals surface area contributed by atoms with Gasteiger partial charge in [-0.25, -0.2) is 9.97 Å². The normalized spacial score (nSPS) is 17.3. The molecule has 2 rings (SSSR count). The minimum atomic E-state index is -0.566. The third-order valence-corrected chi connectivity index (χ3v) is 4.03. The van der Waals surface area contributed by atoms with Gasteiger partial charge in [0.1, 0.15) is 0 Å². The van der Waals surface area contributed by atoms with Gasteiger partial charge in [0, 0.05) is 12.6 Å². The first-order valence-electron chi connectivity index (χ1n) is 7.53. The van der Waals surface area contributed by atoms with E-state index in [2.05, 4.69) is 39.4 Å². The molecular weight excluding hydrogens is 334 g/mol. The molecule has 1 aliphatic rings. The predicted molar refractivity (Wildman–Crippen MR) is 92.7 cm³/mol. The van der Waals surface area contributed by atoms with Crippen molar-refractivity contribution in [1.29, 1.82) is 0 Å². The number of hydrogen-bond donors (Lipinski definition) is 5. The van der Waals surface area contributed by atoms with Gasteiger partial charge >= 0.3 is 0 Å². The van der Waals surface area contributed by atoms with E-state index in [1.807, 2.05) is 0 Å². The summed E-state index contributed by atoms with van der Waals surface area (Å²) in [6.07, 6.45) is 1.51. The molecule has 1 aromatic rings. The molecule has 0 aromatic carbocycles. The van der Waals surface area contributed by atoms with Crippen LogP contribution in [0, 0.1) is 5.41 Å². The lowest BCUT2D eigenvalue weighted by molar-refractivity contribution is 0.0972. The Bertz CT molecular complexity index is 663. The number of nitrogen functional groups attached to an aromatic ring is 2. The summed E-state index contributed by atoms with van der Waals surface area (Å²) in [6.45, 7) is 4.83. The highest BCUT2D eigenvalue weighted by molar-refractivity contribution is 6.31. The smallest absolute Gasteiger partial charge is 0.280 e. The fourth-order valence-electron chi connectivity index (χ4n) is 2.52. The maximum atomic E-state index is 12.2. The van der Waals surface area contributed by atoms with Crippen molar-refractivity contribution >= 4 is 35.1 Å². The highest BCUT2D eigenvalue weighted by atomic mass is 35.5. The number of nitrogens with one attached hydrogen (secondary N) is 2. The molecule has 0 saturated carbocycles. The summed E-state index contributed by atoms with van der Waals surface area (Å²) in [5.74, 6) is -0.357. The Morgan fingerprint density at radius 3 is 2.79 bits per heavy atom. The number of anilines is 2. The lowest BCUT2D eigenvalue weighted by Gasteiger charge is -2.27. The van der Waals surface area contributed by atoms with Crippen LogP contribution >= 0.6 is 11.6 Å². The van der Waals surface area contributed by atoms with E-state index < -0.39 is 5.91 Å². The Hall–Kier alpha value is -2.13. The third kappa shape index (κ3) is 4.45. The van der Waals surface area contributed by atoms with Gasteiger partial charge < -0.3 is 21.9 Å².